The fourth-order valence-corrected chi connectivity index (χ4v) is 3.30. The molecule has 1 fully saturated rings. The molecule has 0 spiro atoms. The fourth-order valence-electron chi connectivity index (χ4n) is 3.30. The van der Waals surface area contributed by atoms with Crippen LogP contribution in [0.25, 0.3) is 11.0 Å². The van der Waals surface area contributed by atoms with E-state index in [-0.39, 0.29) is 1.43 Å². The quantitative estimate of drug-likeness (QED) is 0.752. The molecule has 3 aromatic rings. The molecule has 24 heavy (non-hydrogen) atoms. The van der Waals surface area contributed by atoms with Gasteiger partial charge < -0.3 is 5.32 Å². The second kappa shape index (κ2) is 6.14. The number of hydrogen-bond donors (Lipinski definition) is 2. The Morgan fingerprint density at radius 1 is 1.21 bits per heavy atom. The van der Waals surface area contributed by atoms with Crippen molar-refractivity contribution in [1.82, 2.24) is 25.1 Å². The van der Waals surface area contributed by atoms with Crippen LogP contribution < -0.4 is 5.32 Å². The lowest BCUT2D eigenvalue weighted by Crippen LogP contribution is -2.11. The number of hydrogen-bond acceptors (Lipinski definition) is 5. The van der Waals surface area contributed by atoms with Crippen molar-refractivity contribution in [2.24, 2.45) is 0 Å². The van der Waals surface area contributed by atoms with E-state index in [0.717, 1.165) is 30.6 Å². The predicted molar refractivity (Wildman–Crippen MR) is 91.8 cm³/mol. The van der Waals surface area contributed by atoms with Gasteiger partial charge in [-0.3, -0.25) is 5.10 Å². The van der Waals surface area contributed by atoms with Gasteiger partial charge in [0.25, 0.3) is 0 Å². The highest BCUT2D eigenvalue weighted by Gasteiger charge is 2.19. The van der Waals surface area contributed by atoms with Gasteiger partial charge in [0.15, 0.2) is 5.65 Å². The zero-order valence-electron chi connectivity index (χ0n) is 13.5. The van der Waals surface area contributed by atoms with Crippen molar-refractivity contribution < 1.29 is 5.82 Å². The number of nitrogens with zero attached hydrogens (tertiary/aromatic N) is 4. The van der Waals surface area contributed by atoms with E-state index in [9.17, 15) is 4.39 Å². The van der Waals surface area contributed by atoms with E-state index in [4.69, 9.17) is 0 Å². The first kappa shape index (κ1) is 15.0. The number of nitrogens with one attached hydrogen (secondary N) is 2. The molecular weight excluding hydrogens is 307 g/mol. The molecule has 0 aromatic carbocycles. The number of pyridine rings is 1. The van der Waals surface area contributed by atoms with Crippen LogP contribution in [0.1, 0.15) is 51.0 Å². The Labute approximate surface area is 140 Å². The first-order valence-electron chi connectivity index (χ1n) is 8.31. The highest BCUT2D eigenvalue weighted by Crippen LogP contribution is 2.31. The van der Waals surface area contributed by atoms with Crippen LogP contribution in [-0.4, -0.2) is 25.1 Å². The summed E-state index contributed by atoms with van der Waals surface area (Å²) in [6.45, 7) is 1.96. The van der Waals surface area contributed by atoms with Gasteiger partial charge in [0.1, 0.15) is 23.3 Å². The summed E-state index contributed by atoms with van der Waals surface area (Å²) in [5.74, 6) is 2.21. The Morgan fingerprint density at radius 2 is 2.04 bits per heavy atom. The molecule has 1 aliphatic rings. The van der Waals surface area contributed by atoms with E-state index >= 15 is 0 Å². The smallest absolute Gasteiger partial charge is 0.183 e. The molecule has 0 aliphatic heterocycles. The van der Waals surface area contributed by atoms with Gasteiger partial charge in [-0.2, -0.15) is 5.10 Å². The van der Waals surface area contributed by atoms with Crippen LogP contribution >= 0.6 is 0 Å². The lowest BCUT2D eigenvalue weighted by Gasteiger charge is -2.21. The maximum absolute atomic E-state index is 13.4. The average Bonchev–Trinajstić information content (AvgIpc) is 2.97. The van der Waals surface area contributed by atoms with E-state index in [1.165, 1.54) is 25.3 Å². The van der Waals surface area contributed by atoms with E-state index in [0.29, 0.717) is 28.6 Å². The number of aryl methyl sites for hydroxylation is 1. The maximum Gasteiger partial charge on any atom is 0.183 e. The molecule has 1 saturated carbocycles. The minimum absolute atomic E-state index is 0. The van der Waals surface area contributed by atoms with Gasteiger partial charge >= 0.3 is 0 Å². The number of rotatable bonds is 3. The molecule has 3 heterocycles. The number of aromatic nitrogens is 5. The number of aromatic amines is 1. The summed E-state index contributed by atoms with van der Waals surface area (Å²) in [6, 6.07) is 3.29. The molecule has 6 nitrogen and oxygen atoms in total. The van der Waals surface area contributed by atoms with E-state index < -0.39 is 5.82 Å². The normalized spacial score (nSPS) is 15.8. The minimum Gasteiger partial charge on any atom is -0.325 e. The average molecular weight is 328 g/mol. The van der Waals surface area contributed by atoms with Gasteiger partial charge in [-0.15, -0.1) is 0 Å². The second-order valence-electron chi connectivity index (χ2n) is 6.34. The number of halogens is 1. The predicted octanol–water partition coefficient (Wildman–Crippen LogP) is 4.23. The largest absolute Gasteiger partial charge is 0.325 e. The van der Waals surface area contributed by atoms with Crippen molar-refractivity contribution in [2.45, 2.75) is 44.9 Å². The summed E-state index contributed by atoms with van der Waals surface area (Å²) in [7, 11) is 0. The summed E-state index contributed by atoms with van der Waals surface area (Å²) >= 11 is 0. The van der Waals surface area contributed by atoms with Crippen molar-refractivity contribution in [2.75, 3.05) is 5.32 Å². The van der Waals surface area contributed by atoms with Crippen molar-refractivity contribution in [3.05, 3.63) is 35.7 Å². The van der Waals surface area contributed by atoms with Crippen LogP contribution in [0.4, 0.5) is 16.0 Å². The zero-order chi connectivity index (χ0) is 16.5. The molecule has 0 bridgehead atoms. The highest BCUT2D eigenvalue weighted by molar-refractivity contribution is 5.88. The Bertz CT molecular complexity index is 875. The Balaban J connectivity index is 0.00000182. The van der Waals surface area contributed by atoms with Crippen LogP contribution in [0.2, 0.25) is 0 Å². The molecular formula is C17H21FN6. The van der Waals surface area contributed by atoms with Crippen molar-refractivity contribution in [3.8, 4) is 0 Å². The Morgan fingerprint density at radius 3 is 2.88 bits per heavy atom. The molecule has 1 aliphatic carbocycles. The molecule has 0 radical (unpaired) electrons. The molecule has 0 amide bonds. The van der Waals surface area contributed by atoms with Gasteiger partial charge in [-0.25, -0.2) is 19.3 Å². The standard InChI is InChI=1S/C17H19FN6.H2/c1-10-7-14(21-15(20-10)11-5-3-2-4-6-11)22-17-13-8-12(18)9-19-16(13)23-24-17;/h7-9,11H,2-6H2,1H3,(H2,19,20,21,22,23,24);1H. The topological polar surface area (TPSA) is 79.4 Å². The minimum atomic E-state index is -0.395. The van der Waals surface area contributed by atoms with Gasteiger partial charge in [0.2, 0.25) is 0 Å². The van der Waals surface area contributed by atoms with Crippen LogP contribution in [-0.2, 0) is 0 Å². The van der Waals surface area contributed by atoms with Gasteiger partial charge in [-0.05, 0) is 25.8 Å². The van der Waals surface area contributed by atoms with Crippen molar-refractivity contribution in [1.29, 1.82) is 0 Å². The molecule has 7 heteroatoms. The first-order chi connectivity index (χ1) is 11.7. The van der Waals surface area contributed by atoms with Crippen LogP contribution in [0, 0.1) is 12.7 Å². The van der Waals surface area contributed by atoms with E-state index in [2.05, 4.69) is 30.5 Å². The number of anilines is 2. The third-order valence-electron chi connectivity index (χ3n) is 4.47. The molecule has 126 valence electrons. The number of fused-ring (bicyclic) bond motifs is 1. The number of H-pyrrole nitrogens is 1. The van der Waals surface area contributed by atoms with Crippen molar-refractivity contribution >= 4 is 22.7 Å². The lowest BCUT2D eigenvalue weighted by molar-refractivity contribution is 0.428. The monoisotopic (exact) mass is 328 g/mol. The Hall–Kier alpha value is -2.57. The summed E-state index contributed by atoms with van der Waals surface area (Å²) in [4.78, 5) is 13.3. The zero-order valence-corrected chi connectivity index (χ0v) is 13.5. The highest BCUT2D eigenvalue weighted by atomic mass is 19.1. The third-order valence-corrected chi connectivity index (χ3v) is 4.47. The summed E-state index contributed by atoms with van der Waals surface area (Å²) in [5, 5.41) is 10.7. The SMILES string of the molecule is Cc1cc(Nc2[nH]nc3ncc(F)cc23)nc(C2CCCCC2)n1.[HH]. The summed E-state index contributed by atoms with van der Waals surface area (Å²) in [5.41, 5.74) is 1.39. The molecule has 0 unspecified atom stereocenters. The summed E-state index contributed by atoms with van der Waals surface area (Å²) < 4.78 is 13.4. The molecule has 3 aromatic heterocycles. The maximum atomic E-state index is 13.4. The molecule has 2 N–H and O–H groups in total. The van der Waals surface area contributed by atoms with Gasteiger partial charge in [0.05, 0.1) is 11.6 Å². The molecule has 0 atom stereocenters. The van der Waals surface area contributed by atoms with E-state index in [1.54, 1.807) is 0 Å². The summed E-state index contributed by atoms with van der Waals surface area (Å²) in [6.07, 6.45) is 7.22. The third kappa shape index (κ3) is 2.93. The van der Waals surface area contributed by atoms with Gasteiger partial charge in [-0.1, -0.05) is 19.3 Å². The molecule has 0 saturated heterocycles. The lowest BCUT2D eigenvalue weighted by atomic mass is 9.88. The van der Waals surface area contributed by atoms with Gasteiger partial charge in [0, 0.05) is 19.1 Å². The van der Waals surface area contributed by atoms with E-state index in [1.807, 2.05) is 13.0 Å². The molecule has 4 rings (SSSR count). The first-order valence-corrected chi connectivity index (χ1v) is 8.31. The van der Waals surface area contributed by atoms with Crippen molar-refractivity contribution in [3.63, 3.8) is 0 Å². The van der Waals surface area contributed by atoms with Crippen LogP contribution in [0.3, 0.4) is 0 Å². The van der Waals surface area contributed by atoms with Crippen LogP contribution in [0.15, 0.2) is 18.3 Å². The van der Waals surface area contributed by atoms with Crippen LogP contribution in [0.5, 0.6) is 0 Å². The Kier molecular flexibility index (Phi) is 3.84. The fraction of sp³-hybridized carbons (Fsp3) is 0.412. The second-order valence-corrected chi connectivity index (χ2v) is 6.34.